The van der Waals surface area contributed by atoms with Gasteiger partial charge in [0.15, 0.2) is 6.61 Å². The van der Waals surface area contributed by atoms with Gasteiger partial charge in [-0.15, -0.1) is 0 Å². The van der Waals surface area contributed by atoms with E-state index in [1.54, 1.807) is 24.3 Å². The first kappa shape index (κ1) is 14.5. The Morgan fingerprint density at radius 3 is 2.84 bits per heavy atom. The summed E-state index contributed by atoms with van der Waals surface area (Å²) in [4.78, 5) is 21.8. The van der Waals surface area contributed by atoms with Crippen LogP contribution < -0.4 is 10.1 Å². The summed E-state index contributed by atoms with van der Waals surface area (Å²) in [5.74, 6) is -0.678. The number of hydrogen-bond acceptors (Lipinski definition) is 4. The van der Waals surface area contributed by atoms with Gasteiger partial charge in [-0.05, 0) is 18.6 Å². The summed E-state index contributed by atoms with van der Waals surface area (Å²) in [5, 5.41) is 19.5. The van der Waals surface area contributed by atoms with Crippen LogP contribution in [0.15, 0.2) is 24.3 Å². The van der Waals surface area contributed by atoms with Crippen molar-refractivity contribution in [2.75, 3.05) is 11.9 Å². The van der Waals surface area contributed by atoms with Gasteiger partial charge in [-0.25, -0.2) is 0 Å². The molecule has 19 heavy (non-hydrogen) atoms. The highest BCUT2D eigenvalue weighted by molar-refractivity contribution is 5.91. The summed E-state index contributed by atoms with van der Waals surface area (Å²) in [6.45, 7) is -0.0595. The molecule has 1 rings (SSSR count). The number of amides is 1. The molecule has 1 aromatic rings. The second-order valence-corrected chi connectivity index (χ2v) is 3.77. The zero-order valence-corrected chi connectivity index (χ0v) is 10.3. The lowest BCUT2D eigenvalue weighted by molar-refractivity contribution is -0.137. The van der Waals surface area contributed by atoms with Gasteiger partial charge in [-0.3, -0.25) is 9.59 Å². The van der Waals surface area contributed by atoms with Gasteiger partial charge < -0.3 is 15.2 Å². The van der Waals surface area contributed by atoms with Crippen molar-refractivity contribution < 1.29 is 19.4 Å². The molecule has 0 aromatic heterocycles. The Morgan fingerprint density at radius 2 is 2.16 bits per heavy atom. The van der Waals surface area contributed by atoms with Crippen molar-refractivity contribution in [3.63, 3.8) is 0 Å². The number of ether oxygens (including phenoxy) is 1. The molecule has 0 bridgehead atoms. The number of anilines is 1. The Labute approximate surface area is 110 Å². The normalized spacial score (nSPS) is 9.42. The fourth-order valence-corrected chi connectivity index (χ4v) is 1.40. The van der Waals surface area contributed by atoms with Crippen molar-refractivity contribution >= 4 is 17.6 Å². The number of nitriles is 1. The molecule has 0 saturated heterocycles. The number of hydrogen-bond donors (Lipinski definition) is 2. The minimum absolute atomic E-state index is 0.0290. The molecule has 0 aliphatic heterocycles. The van der Waals surface area contributed by atoms with Crippen LogP contribution in [0.1, 0.15) is 19.3 Å². The molecule has 6 heteroatoms. The topological polar surface area (TPSA) is 99.4 Å². The zero-order chi connectivity index (χ0) is 14.1. The summed E-state index contributed by atoms with van der Waals surface area (Å²) >= 11 is 0. The number of carboxylic acids is 1. The summed E-state index contributed by atoms with van der Waals surface area (Å²) in [6, 6.07) is 8.51. The lowest BCUT2D eigenvalue weighted by Gasteiger charge is -2.07. The summed E-state index contributed by atoms with van der Waals surface area (Å²) in [6.07, 6.45) is 0.417. The van der Waals surface area contributed by atoms with E-state index in [1.165, 1.54) is 0 Å². The van der Waals surface area contributed by atoms with Crippen molar-refractivity contribution in [2.45, 2.75) is 19.3 Å². The van der Waals surface area contributed by atoms with Gasteiger partial charge in [0, 0.05) is 24.6 Å². The molecule has 0 aliphatic carbocycles. The number of nitrogens with one attached hydrogen (secondary N) is 1. The van der Waals surface area contributed by atoms with Crippen molar-refractivity contribution in [1.29, 1.82) is 5.26 Å². The number of aliphatic carboxylic acids is 1. The lowest BCUT2D eigenvalue weighted by Crippen LogP contribution is -2.11. The third-order valence-electron chi connectivity index (χ3n) is 2.22. The van der Waals surface area contributed by atoms with E-state index in [0.29, 0.717) is 17.9 Å². The molecule has 1 aromatic carbocycles. The van der Waals surface area contributed by atoms with E-state index in [-0.39, 0.29) is 25.4 Å². The minimum Gasteiger partial charge on any atom is -0.481 e. The molecular formula is C13H14N2O4. The van der Waals surface area contributed by atoms with Gasteiger partial charge in [-0.2, -0.15) is 5.26 Å². The number of carbonyl (C=O) groups is 2. The second-order valence-electron chi connectivity index (χ2n) is 3.77. The predicted octanol–water partition coefficient (Wildman–Crippen LogP) is 1.78. The molecule has 2 N–H and O–H groups in total. The molecule has 0 saturated carbocycles. The highest BCUT2D eigenvalue weighted by atomic mass is 16.5. The fraction of sp³-hybridized carbons (Fsp3) is 0.308. The van der Waals surface area contributed by atoms with Crippen LogP contribution in [0, 0.1) is 11.3 Å². The molecule has 0 spiro atoms. The summed E-state index contributed by atoms with van der Waals surface area (Å²) in [7, 11) is 0. The van der Waals surface area contributed by atoms with Gasteiger partial charge in [0.25, 0.3) is 0 Å². The SMILES string of the molecule is N#CCOc1cccc(NC(=O)CCCC(=O)O)c1. The third kappa shape index (κ3) is 6.07. The molecule has 0 unspecified atom stereocenters. The predicted molar refractivity (Wildman–Crippen MR) is 67.7 cm³/mol. The second kappa shape index (κ2) is 7.71. The lowest BCUT2D eigenvalue weighted by atomic mass is 10.2. The smallest absolute Gasteiger partial charge is 0.303 e. The van der Waals surface area contributed by atoms with Crippen molar-refractivity contribution in [2.24, 2.45) is 0 Å². The first-order valence-corrected chi connectivity index (χ1v) is 5.73. The first-order valence-electron chi connectivity index (χ1n) is 5.73. The van der Waals surface area contributed by atoms with Crippen molar-refractivity contribution in [1.82, 2.24) is 0 Å². The summed E-state index contributed by atoms with van der Waals surface area (Å²) < 4.78 is 5.10. The molecule has 0 fully saturated rings. The van der Waals surface area contributed by atoms with E-state index in [2.05, 4.69) is 5.32 Å². The van der Waals surface area contributed by atoms with Crippen molar-refractivity contribution in [3.05, 3.63) is 24.3 Å². The van der Waals surface area contributed by atoms with Crippen LogP contribution in [0.2, 0.25) is 0 Å². The van der Waals surface area contributed by atoms with E-state index in [4.69, 9.17) is 15.1 Å². The molecule has 6 nitrogen and oxygen atoms in total. The number of nitrogens with zero attached hydrogens (tertiary/aromatic N) is 1. The maximum absolute atomic E-state index is 11.5. The quantitative estimate of drug-likeness (QED) is 0.780. The van der Waals surface area contributed by atoms with Gasteiger partial charge >= 0.3 is 5.97 Å². The average molecular weight is 262 g/mol. The molecule has 0 heterocycles. The van der Waals surface area contributed by atoms with E-state index in [0.717, 1.165) is 0 Å². The summed E-state index contributed by atoms with van der Waals surface area (Å²) in [5.41, 5.74) is 0.552. The van der Waals surface area contributed by atoms with Crippen LogP contribution in [0.5, 0.6) is 5.75 Å². The Hall–Kier alpha value is -2.55. The van der Waals surface area contributed by atoms with Crippen LogP contribution >= 0.6 is 0 Å². The Morgan fingerprint density at radius 1 is 1.37 bits per heavy atom. The molecule has 0 atom stereocenters. The van der Waals surface area contributed by atoms with Crippen LogP contribution in [-0.4, -0.2) is 23.6 Å². The maximum Gasteiger partial charge on any atom is 0.303 e. The number of carbonyl (C=O) groups excluding carboxylic acids is 1. The zero-order valence-electron chi connectivity index (χ0n) is 10.3. The number of carboxylic acid groups (broad SMARTS) is 1. The van der Waals surface area contributed by atoms with Gasteiger partial charge in [0.1, 0.15) is 11.8 Å². The molecule has 1 amide bonds. The standard InChI is InChI=1S/C13H14N2O4/c14-7-8-19-11-4-1-3-10(9-11)15-12(16)5-2-6-13(17)18/h1,3-4,9H,2,5-6,8H2,(H,15,16)(H,17,18). The number of rotatable bonds is 7. The van der Waals surface area contributed by atoms with Crippen LogP contribution in [-0.2, 0) is 9.59 Å². The van der Waals surface area contributed by atoms with Gasteiger partial charge in [-0.1, -0.05) is 6.07 Å². The molecule has 0 aliphatic rings. The molecule has 0 radical (unpaired) electrons. The molecule has 100 valence electrons. The molecular weight excluding hydrogens is 248 g/mol. The highest BCUT2D eigenvalue weighted by Crippen LogP contribution is 2.17. The monoisotopic (exact) mass is 262 g/mol. The van der Waals surface area contributed by atoms with E-state index in [9.17, 15) is 9.59 Å². The number of benzene rings is 1. The third-order valence-corrected chi connectivity index (χ3v) is 2.22. The Balaban J connectivity index is 2.45. The fourth-order valence-electron chi connectivity index (χ4n) is 1.40. The van der Waals surface area contributed by atoms with E-state index in [1.807, 2.05) is 6.07 Å². The van der Waals surface area contributed by atoms with Crippen molar-refractivity contribution in [3.8, 4) is 11.8 Å². The van der Waals surface area contributed by atoms with Gasteiger partial charge in [0.2, 0.25) is 5.91 Å². The van der Waals surface area contributed by atoms with Gasteiger partial charge in [0.05, 0.1) is 0 Å². The Bertz CT molecular complexity index is 494. The first-order chi connectivity index (χ1) is 9.11. The Kier molecular flexibility index (Phi) is 5.89. The average Bonchev–Trinajstić information content (AvgIpc) is 2.36. The largest absolute Gasteiger partial charge is 0.481 e. The van der Waals surface area contributed by atoms with Crippen LogP contribution in [0.3, 0.4) is 0 Å². The van der Waals surface area contributed by atoms with Crippen LogP contribution in [0.4, 0.5) is 5.69 Å². The van der Waals surface area contributed by atoms with E-state index >= 15 is 0 Å². The van der Waals surface area contributed by atoms with Crippen LogP contribution in [0.25, 0.3) is 0 Å². The van der Waals surface area contributed by atoms with E-state index < -0.39 is 5.97 Å². The maximum atomic E-state index is 11.5. The minimum atomic E-state index is -0.917. The highest BCUT2D eigenvalue weighted by Gasteiger charge is 2.05.